The van der Waals surface area contributed by atoms with Crippen LogP contribution in [0.5, 0.6) is 0 Å². The third kappa shape index (κ3) is 1.06. The van der Waals surface area contributed by atoms with Crippen LogP contribution in [0.25, 0.3) is 22.1 Å². The molecule has 80 valence electrons. The summed E-state index contributed by atoms with van der Waals surface area (Å²) in [4.78, 5) is 10.6. The summed E-state index contributed by atoms with van der Waals surface area (Å²) in [7, 11) is 0. The van der Waals surface area contributed by atoms with Crippen molar-refractivity contribution in [1.29, 1.82) is 0 Å². The normalized spacial score (nSPS) is 11.3. The van der Waals surface area contributed by atoms with E-state index < -0.39 is 4.92 Å². The molecule has 0 atom stereocenters. The molecule has 0 radical (unpaired) electrons. The minimum absolute atomic E-state index is 0.0241. The topological polar surface area (TPSA) is 94.7 Å². The van der Waals surface area contributed by atoms with Crippen LogP contribution in [-0.4, -0.2) is 22.4 Å². The molecule has 0 fully saturated rings. The molecule has 0 N–H and O–H groups in total. The maximum atomic E-state index is 11.0. The average molecular weight is 253 g/mol. The van der Waals surface area contributed by atoms with Gasteiger partial charge in [0.25, 0.3) is 0 Å². The SMILES string of the molecule is Cc1c([N+](=O)[O-])c2nsnc2c2nsnc12. The van der Waals surface area contributed by atoms with Gasteiger partial charge in [-0.05, 0) is 6.92 Å². The summed E-state index contributed by atoms with van der Waals surface area (Å²) in [5.74, 6) is 0. The molecule has 0 saturated heterocycles. The van der Waals surface area contributed by atoms with E-state index in [0.717, 1.165) is 23.5 Å². The lowest BCUT2D eigenvalue weighted by atomic mass is 10.1. The minimum Gasteiger partial charge on any atom is -0.258 e. The molecule has 0 saturated carbocycles. The average Bonchev–Trinajstić information content (AvgIpc) is 2.82. The maximum absolute atomic E-state index is 11.0. The lowest BCUT2D eigenvalue weighted by molar-refractivity contribution is -0.383. The van der Waals surface area contributed by atoms with Crippen LogP contribution in [0.15, 0.2) is 0 Å². The molecule has 3 aromatic rings. The largest absolute Gasteiger partial charge is 0.303 e. The standard InChI is InChI=1S/C7H3N5O2S2/c1-2-3-4(9-15-8-3)5-6(11-16-10-5)7(2)12(13)14/h1H3. The van der Waals surface area contributed by atoms with Gasteiger partial charge in [0.15, 0.2) is 5.52 Å². The lowest BCUT2D eigenvalue weighted by Crippen LogP contribution is -1.94. The number of benzene rings is 1. The van der Waals surface area contributed by atoms with Crippen molar-refractivity contribution in [2.24, 2.45) is 0 Å². The highest BCUT2D eigenvalue weighted by molar-refractivity contribution is 7.01. The second-order valence-corrected chi connectivity index (χ2v) is 4.21. The molecule has 0 spiro atoms. The zero-order valence-electron chi connectivity index (χ0n) is 7.87. The van der Waals surface area contributed by atoms with Crippen molar-refractivity contribution < 1.29 is 4.92 Å². The van der Waals surface area contributed by atoms with Crippen LogP contribution >= 0.6 is 23.5 Å². The van der Waals surface area contributed by atoms with E-state index in [1.807, 2.05) is 0 Å². The molecule has 1 aromatic carbocycles. The number of fused-ring (bicyclic) bond motifs is 3. The van der Waals surface area contributed by atoms with E-state index in [2.05, 4.69) is 17.5 Å². The summed E-state index contributed by atoms with van der Waals surface area (Å²) >= 11 is 1.96. The Kier molecular flexibility index (Phi) is 1.85. The van der Waals surface area contributed by atoms with Gasteiger partial charge in [-0.15, -0.1) is 0 Å². The molecule has 2 heterocycles. The van der Waals surface area contributed by atoms with Gasteiger partial charge in [0, 0.05) is 0 Å². The van der Waals surface area contributed by atoms with Crippen LogP contribution in [0.2, 0.25) is 0 Å². The van der Waals surface area contributed by atoms with E-state index >= 15 is 0 Å². The van der Waals surface area contributed by atoms with E-state index in [-0.39, 0.29) is 5.69 Å². The van der Waals surface area contributed by atoms with E-state index in [0.29, 0.717) is 27.6 Å². The first-order valence-electron chi connectivity index (χ1n) is 4.21. The highest BCUT2D eigenvalue weighted by atomic mass is 32.1. The van der Waals surface area contributed by atoms with Gasteiger partial charge in [0.1, 0.15) is 16.6 Å². The Hall–Kier alpha value is -1.74. The minimum atomic E-state index is -0.447. The fourth-order valence-corrected chi connectivity index (χ4v) is 2.75. The van der Waals surface area contributed by atoms with Crippen LogP contribution in [0.1, 0.15) is 5.56 Å². The first kappa shape index (κ1) is 9.48. The fraction of sp³-hybridized carbons (Fsp3) is 0.143. The van der Waals surface area contributed by atoms with E-state index in [4.69, 9.17) is 0 Å². The summed E-state index contributed by atoms with van der Waals surface area (Å²) in [6.07, 6.45) is 0. The summed E-state index contributed by atoms with van der Waals surface area (Å²) in [5, 5.41) is 11.0. The molecule has 0 amide bonds. The van der Waals surface area contributed by atoms with Gasteiger partial charge < -0.3 is 0 Å². The van der Waals surface area contributed by atoms with Crippen molar-refractivity contribution in [3.05, 3.63) is 15.7 Å². The van der Waals surface area contributed by atoms with Crippen molar-refractivity contribution in [2.45, 2.75) is 6.92 Å². The van der Waals surface area contributed by atoms with Crippen LogP contribution < -0.4 is 0 Å². The van der Waals surface area contributed by atoms with E-state index in [1.54, 1.807) is 6.92 Å². The van der Waals surface area contributed by atoms with Crippen LogP contribution in [0, 0.1) is 17.0 Å². The molecule has 16 heavy (non-hydrogen) atoms. The van der Waals surface area contributed by atoms with Gasteiger partial charge in [-0.2, -0.15) is 17.5 Å². The van der Waals surface area contributed by atoms with Crippen LogP contribution in [0.4, 0.5) is 5.69 Å². The first-order chi connectivity index (χ1) is 7.70. The van der Waals surface area contributed by atoms with Crippen molar-refractivity contribution in [1.82, 2.24) is 17.5 Å². The molecule has 0 aliphatic rings. The Balaban J connectivity index is 2.66. The Morgan fingerprint density at radius 1 is 1.00 bits per heavy atom. The number of hydrogen-bond acceptors (Lipinski definition) is 8. The second-order valence-electron chi connectivity index (χ2n) is 3.15. The smallest absolute Gasteiger partial charge is 0.258 e. The number of hydrogen-bond donors (Lipinski definition) is 0. The van der Waals surface area contributed by atoms with E-state index in [1.165, 1.54) is 0 Å². The molecular weight excluding hydrogens is 250 g/mol. The highest BCUT2D eigenvalue weighted by Crippen LogP contribution is 2.34. The quantitative estimate of drug-likeness (QED) is 0.485. The van der Waals surface area contributed by atoms with Crippen molar-refractivity contribution in [2.75, 3.05) is 0 Å². The highest BCUT2D eigenvalue weighted by Gasteiger charge is 2.25. The summed E-state index contributed by atoms with van der Waals surface area (Å²) < 4.78 is 16.1. The van der Waals surface area contributed by atoms with Gasteiger partial charge in [0.05, 0.1) is 33.9 Å². The Morgan fingerprint density at radius 3 is 2.12 bits per heavy atom. The predicted molar refractivity (Wildman–Crippen MR) is 59.8 cm³/mol. The summed E-state index contributed by atoms with van der Waals surface area (Å²) in [5.41, 5.74) is 2.37. The molecule has 0 aliphatic heterocycles. The van der Waals surface area contributed by atoms with Crippen LogP contribution in [-0.2, 0) is 0 Å². The van der Waals surface area contributed by atoms with E-state index in [9.17, 15) is 10.1 Å². The number of rotatable bonds is 1. The number of aromatic nitrogens is 4. The third-order valence-corrected chi connectivity index (χ3v) is 3.38. The predicted octanol–water partition coefficient (Wildman–Crippen LogP) is 1.91. The number of nitro benzene ring substituents is 1. The molecule has 7 nitrogen and oxygen atoms in total. The number of nitro groups is 1. The van der Waals surface area contributed by atoms with Gasteiger partial charge >= 0.3 is 5.69 Å². The third-order valence-electron chi connectivity index (χ3n) is 2.32. The molecule has 3 rings (SSSR count). The molecule has 0 aliphatic carbocycles. The fourth-order valence-electron chi connectivity index (χ4n) is 1.60. The first-order valence-corrected chi connectivity index (χ1v) is 5.67. The molecule has 0 unspecified atom stereocenters. The Labute approximate surface area is 96.5 Å². The monoisotopic (exact) mass is 253 g/mol. The molecular formula is C7H3N5O2S2. The van der Waals surface area contributed by atoms with Gasteiger partial charge in [0.2, 0.25) is 0 Å². The molecule has 2 aromatic heterocycles. The Morgan fingerprint density at radius 2 is 1.50 bits per heavy atom. The summed E-state index contributed by atoms with van der Waals surface area (Å²) in [6.45, 7) is 1.65. The number of nitrogens with zero attached hydrogens (tertiary/aromatic N) is 5. The van der Waals surface area contributed by atoms with Crippen molar-refractivity contribution >= 4 is 51.2 Å². The Bertz CT molecular complexity index is 718. The second kappa shape index (κ2) is 3.12. The zero-order valence-corrected chi connectivity index (χ0v) is 9.50. The lowest BCUT2D eigenvalue weighted by Gasteiger charge is -1.97. The molecule has 0 bridgehead atoms. The van der Waals surface area contributed by atoms with Crippen molar-refractivity contribution in [3.63, 3.8) is 0 Å². The van der Waals surface area contributed by atoms with Crippen LogP contribution in [0.3, 0.4) is 0 Å². The summed E-state index contributed by atoms with van der Waals surface area (Å²) in [6, 6.07) is 0. The molecule has 9 heteroatoms. The van der Waals surface area contributed by atoms with Gasteiger partial charge in [-0.25, -0.2) is 0 Å². The van der Waals surface area contributed by atoms with Gasteiger partial charge in [-0.3, -0.25) is 10.1 Å². The zero-order chi connectivity index (χ0) is 11.3. The number of aryl methyl sites for hydroxylation is 1. The van der Waals surface area contributed by atoms with Crippen molar-refractivity contribution in [3.8, 4) is 0 Å². The maximum Gasteiger partial charge on any atom is 0.303 e. The van der Waals surface area contributed by atoms with Gasteiger partial charge in [-0.1, -0.05) is 0 Å².